The molecule has 0 aromatic carbocycles. The van der Waals surface area contributed by atoms with Crippen molar-refractivity contribution in [3.05, 3.63) is 0 Å². The van der Waals surface area contributed by atoms with Crippen molar-refractivity contribution in [2.24, 2.45) is 0 Å². The van der Waals surface area contributed by atoms with Gasteiger partial charge in [0.1, 0.15) is 0 Å². The average Bonchev–Trinajstić information content (AvgIpc) is 0. The van der Waals surface area contributed by atoms with Crippen LogP contribution in [0.5, 0.6) is 0 Å². The first-order valence-corrected chi connectivity index (χ1v) is 0. The molecule has 0 nitrogen and oxygen atoms in total. The van der Waals surface area contributed by atoms with Crippen molar-refractivity contribution in [2.45, 2.75) is 0 Å². The van der Waals surface area contributed by atoms with E-state index in [-0.39, 0.29) is 70.7 Å². The third-order valence-electron chi connectivity index (χ3n) is 0. The Hall–Kier alpha value is 2.19. The number of rotatable bonds is 0. The van der Waals surface area contributed by atoms with E-state index in [0.717, 1.165) is 0 Å². The molecule has 0 spiro atoms. The second kappa shape index (κ2) is 19.0. The summed E-state index contributed by atoms with van der Waals surface area (Å²) < 4.78 is 0. The summed E-state index contributed by atoms with van der Waals surface area (Å²) in [5.41, 5.74) is 0. The van der Waals surface area contributed by atoms with Gasteiger partial charge in [-0.2, -0.15) is 0 Å². The van der Waals surface area contributed by atoms with Crippen molar-refractivity contribution in [2.75, 3.05) is 0 Å². The molecule has 26 valence electrons. The quantitative estimate of drug-likeness (QED) is 0.401. The summed E-state index contributed by atoms with van der Waals surface area (Å²) in [5.74, 6) is 0. The van der Waals surface area contributed by atoms with Crippen molar-refractivity contribution in [3.8, 4) is 0 Å². The van der Waals surface area contributed by atoms with Crippen LogP contribution < -0.4 is 0 Å². The molecule has 0 aromatic heterocycles. The van der Waals surface area contributed by atoms with Crippen molar-refractivity contribution in [1.82, 2.24) is 0 Å². The monoisotopic (exact) mass is 306 g/mol. The maximum absolute atomic E-state index is 0. The summed E-state index contributed by atoms with van der Waals surface area (Å²) in [7, 11) is 0. The van der Waals surface area contributed by atoms with E-state index in [4.69, 9.17) is 0 Å². The molecule has 0 saturated heterocycles. The molecule has 0 rings (SSSR count). The predicted molar refractivity (Wildman–Crippen MR) is 35.6 cm³/mol. The number of hydrogen-bond donors (Lipinski definition) is 0. The average molecular weight is 302 g/mol. The zero-order valence-electron chi connectivity index (χ0n) is 3.45. The van der Waals surface area contributed by atoms with Crippen LogP contribution in [0.1, 0.15) is 0 Å². The van der Waals surface area contributed by atoms with E-state index in [2.05, 4.69) is 0 Å². The molecule has 0 saturated carbocycles. The molecular weight excluding hydrogens is 293 g/mol. The van der Waals surface area contributed by atoms with Crippen LogP contribution in [0.3, 0.4) is 0 Å². The Morgan fingerprint density at radius 3 is 0.500 bits per heavy atom. The summed E-state index contributed by atoms with van der Waals surface area (Å²) in [6, 6.07) is 0. The van der Waals surface area contributed by atoms with Gasteiger partial charge in [-0.1, -0.05) is 0 Å². The third-order valence-corrected chi connectivity index (χ3v) is 0. The molecular formula is H9AsGe3. The van der Waals surface area contributed by atoms with E-state index < -0.39 is 0 Å². The molecule has 0 bridgehead atoms. The van der Waals surface area contributed by atoms with E-state index in [9.17, 15) is 0 Å². The standard InChI is InChI=1S/As.3GeH3/h;3*1H3. The van der Waals surface area contributed by atoms with Gasteiger partial charge in [-0.25, -0.2) is 0 Å². The third kappa shape index (κ3) is 8.89. The Balaban J connectivity index is 0. The van der Waals surface area contributed by atoms with Gasteiger partial charge in [0.05, 0.1) is 0 Å². The molecule has 0 unspecified atom stereocenters. The van der Waals surface area contributed by atoms with Gasteiger partial charge in [-0.05, 0) is 0 Å². The molecule has 4 heteroatoms. The van der Waals surface area contributed by atoms with E-state index in [1.807, 2.05) is 0 Å². The molecule has 0 heterocycles. The summed E-state index contributed by atoms with van der Waals surface area (Å²) in [4.78, 5) is 0. The van der Waals surface area contributed by atoms with Crippen LogP contribution in [-0.4, -0.2) is 70.7 Å². The van der Waals surface area contributed by atoms with Crippen LogP contribution in [0.2, 0.25) is 0 Å². The Morgan fingerprint density at radius 2 is 0.500 bits per heavy atom. The minimum atomic E-state index is 0. The molecule has 0 fully saturated rings. The van der Waals surface area contributed by atoms with Crippen molar-refractivity contribution >= 4 is 70.7 Å². The summed E-state index contributed by atoms with van der Waals surface area (Å²) in [6.07, 6.45) is 0. The Kier molecular flexibility index (Phi) is 165. The molecule has 6 radical (unpaired) electrons. The van der Waals surface area contributed by atoms with Crippen LogP contribution in [0.15, 0.2) is 0 Å². The van der Waals surface area contributed by atoms with Gasteiger partial charge >= 0.3 is 52.8 Å². The van der Waals surface area contributed by atoms with Crippen LogP contribution in [-0.2, 0) is 0 Å². The minimum absolute atomic E-state index is 0. The van der Waals surface area contributed by atoms with Crippen LogP contribution in [0, 0.1) is 0 Å². The van der Waals surface area contributed by atoms with E-state index in [1.54, 1.807) is 0 Å². The zero-order valence-corrected chi connectivity index (χ0v) is 17.9. The molecule has 0 aliphatic rings. The van der Waals surface area contributed by atoms with E-state index in [1.165, 1.54) is 0 Å². The van der Waals surface area contributed by atoms with Crippen LogP contribution in [0.4, 0.5) is 0 Å². The second-order valence-electron chi connectivity index (χ2n) is 0. The fraction of sp³-hybridized carbons (Fsp3) is 0. The van der Waals surface area contributed by atoms with Crippen molar-refractivity contribution in [3.63, 3.8) is 0 Å². The molecule has 0 atom stereocenters. The summed E-state index contributed by atoms with van der Waals surface area (Å²) >= 11 is 0. The van der Waals surface area contributed by atoms with E-state index >= 15 is 0 Å². The molecule has 0 aromatic rings. The first kappa shape index (κ1) is 34.8. The van der Waals surface area contributed by atoms with Crippen LogP contribution in [0.25, 0.3) is 0 Å². The maximum atomic E-state index is 0. The molecule has 4 heavy (non-hydrogen) atoms. The Bertz CT molecular complexity index is 3.25. The molecule has 0 N–H and O–H groups in total. The normalized spacial score (nSPS) is 0. The topological polar surface area (TPSA) is 0 Å². The van der Waals surface area contributed by atoms with Crippen molar-refractivity contribution in [1.29, 1.82) is 0 Å². The van der Waals surface area contributed by atoms with Gasteiger partial charge in [0.2, 0.25) is 0 Å². The Labute approximate surface area is 70.1 Å². The number of hydrogen-bond acceptors (Lipinski definition) is 0. The summed E-state index contributed by atoms with van der Waals surface area (Å²) in [6.45, 7) is 0. The first-order chi connectivity index (χ1) is 0. The van der Waals surface area contributed by atoms with Gasteiger partial charge in [0.15, 0.2) is 0 Å². The van der Waals surface area contributed by atoms with Gasteiger partial charge in [-0.15, -0.1) is 0 Å². The SMILES string of the molecule is [As].[GeH3].[GeH3].[GeH3]. The van der Waals surface area contributed by atoms with E-state index in [0.29, 0.717) is 0 Å². The first-order valence-electron chi connectivity index (χ1n) is 0. The second-order valence-corrected chi connectivity index (χ2v) is 0. The molecule has 0 aliphatic heterocycles. The summed E-state index contributed by atoms with van der Waals surface area (Å²) in [5, 5.41) is 0. The predicted octanol–water partition coefficient (Wildman–Crippen LogP) is -3.93. The van der Waals surface area contributed by atoms with Gasteiger partial charge in [0, 0.05) is 18.0 Å². The molecule has 0 aliphatic carbocycles. The Morgan fingerprint density at radius 1 is 0.500 bits per heavy atom. The van der Waals surface area contributed by atoms with Gasteiger partial charge < -0.3 is 0 Å². The molecule has 0 amide bonds. The zero-order chi connectivity index (χ0) is 0. The van der Waals surface area contributed by atoms with Crippen LogP contribution >= 0.6 is 0 Å². The fourth-order valence-corrected chi connectivity index (χ4v) is 0. The fourth-order valence-electron chi connectivity index (χ4n) is 0. The van der Waals surface area contributed by atoms with Crippen molar-refractivity contribution < 1.29 is 0 Å². The van der Waals surface area contributed by atoms with Gasteiger partial charge in [-0.3, -0.25) is 0 Å². The van der Waals surface area contributed by atoms with Gasteiger partial charge in [0.25, 0.3) is 0 Å².